The molecule has 6 nitrogen and oxygen atoms in total. The molecule has 5 aromatic rings. The Bertz CT molecular complexity index is 1530. The minimum Gasteiger partial charge on any atom is -0.492 e. The average Bonchev–Trinajstić information content (AvgIpc) is 3.34. The minimum absolute atomic E-state index is 0.296. The van der Waals surface area contributed by atoms with Crippen molar-refractivity contribution in [2.75, 3.05) is 13.2 Å². The fourth-order valence-electron chi connectivity index (χ4n) is 5.02. The summed E-state index contributed by atoms with van der Waals surface area (Å²) in [6.45, 7) is 3.97. The first-order valence-electron chi connectivity index (χ1n) is 14.6. The van der Waals surface area contributed by atoms with E-state index in [1.54, 1.807) is 24.3 Å². The van der Waals surface area contributed by atoms with Gasteiger partial charge in [-0.15, -0.1) is 0 Å². The summed E-state index contributed by atoms with van der Waals surface area (Å²) in [6, 6.07) is 31.6. The first kappa shape index (κ1) is 28.1. The van der Waals surface area contributed by atoms with Crippen LogP contribution < -0.4 is 4.74 Å². The van der Waals surface area contributed by atoms with Crippen molar-refractivity contribution in [3.63, 3.8) is 0 Å². The SMILES string of the molecule is CCCCCCCCOC(=O)c1ccc(N=Nc2ccc(OCCn3c4ccccc4c4ccccc43)cc2)cc1. The number of hydrogen-bond acceptors (Lipinski definition) is 5. The number of nitrogens with zero attached hydrogens (tertiary/aromatic N) is 3. The zero-order valence-corrected chi connectivity index (χ0v) is 23.7. The van der Waals surface area contributed by atoms with Gasteiger partial charge < -0.3 is 14.0 Å². The van der Waals surface area contributed by atoms with Gasteiger partial charge in [0.05, 0.1) is 30.1 Å². The van der Waals surface area contributed by atoms with Crippen LogP contribution >= 0.6 is 0 Å². The summed E-state index contributed by atoms with van der Waals surface area (Å²) in [7, 11) is 0. The maximum atomic E-state index is 12.3. The van der Waals surface area contributed by atoms with Crippen molar-refractivity contribution < 1.29 is 14.3 Å². The van der Waals surface area contributed by atoms with Gasteiger partial charge in [0.1, 0.15) is 12.4 Å². The second-order valence-electron chi connectivity index (χ2n) is 10.2. The molecule has 4 aromatic carbocycles. The highest BCUT2D eigenvalue weighted by molar-refractivity contribution is 6.07. The molecule has 1 heterocycles. The van der Waals surface area contributed by atoms with Gasteiger partial charge in [-0.05, 0) is 67.1 Å². The van der Waals surface area contributed by atoms with E-state index in [1.165, 1.54) is 47.5 Å². The number of rotatable bonds is 14. The summed E-state index contributed by atoms with van der Waals surface area (Å²) in [5, 5.41) is 11.1. The van der Waals surface area contributed by atoms with Gasteiger partial charge in [-0.2, -0.15) is 10.2 Å². The van der Waals surface area contributed by atoms with Crippen LogP contribution in [-0.2, 0) is 11.3 Å². The van der Waals surface area contributed by atoms with E-state index in [4.69, 9.17) is 9.47 Å². The smallest absolute Gasteiger partial charge is 0.338 e. The van der Waals surface area contributed by atoms with E-state index in [2.05, 4.69) is 70.3 Å². The summed E-state index contributed by atoms with van der Waals surface area (Å²) in [4.78, 5) is 12.3. The number of ether oxygens (including phenoxy) is 2. The Kier molecular flexibility index (Phi) is 9.77. The molecule has 0 spiro atoms. The maximum absolute atomic E-state index is 12.3. The van der Waals surface area contributed by atoms with E-state index in [1.807, 2.05) is 24.3 Å². The molecule has 0 unspecified atom stereocenters. The van der Waals surface area contributed by atoms with Crippen LogP contribution in [0.15, 0.2) is 107 Å². The van der Waals surface area contributed by atoms with Gasteiger partial charge in [-0.1, -0.05) is 75.4 Å². The molecule has 0 fully saturated rings. The fourth-order valence-corrected chi connectivity index (χ4v) is 5.02. The topological polar surface area (TPSA) is 65.2 Å². The number of aromatic nitrogens is 1. The van der Waals surface area contributed by atoms with E-state index in [9.17, 15) is 4.79 Å². The third-order valence-electron chi connectivity index (χ3n) is 7.22. The molecule has 0 aliphatic rings. The number of carbonyl (C=O) groups excluding carboxylic acids is 1. The second-order valence-corrected chi connectivity index (χ2v) is 10.2. The van der Waals surface area contributed by atoms with Gasteiger partial charge in [-0.25, -0.2) is 4.79 Å². The molecule has 0 radical (unpaired) electrons. The third-order valence-corrected chi connectivity index (χ3v) is 7.22. The molecule has 0 bridgehead atoms. The lowest BCUT2D eigenvalue weighted by Crippen LogP contribution is -2.07. The van der Waals surface area contributed by atoms with Gasteiger partial charge in [0.2, 0.25) is 0 Å². The highest BCUT2D eigenvalue weighted by Crippen LogP contribution is 2.29. The molecule has 1 aromatic heterocycles. The van der Waals surface area contributed by atoms with Crippen molar-refractivity contribution in [3.8, 4) is 5.75 Å². The van der Waals surface area contributed by atoms with Crippen LogP contribution in [0.4, 0.5) is 11.4 Å². The quantitative estimate of drug-likeness (QED) is 0.0789. The fraction of sp³-hybridized carbons (Fsp3) is 0.286. The number of carbonyl (C=O) groups is 1. The average molecular weight is 548 g/mol. The van der Waals surface area contributed by atoms with E-state index >= 15 is 0 Å². The van der Waals surface area contributed by atoms with Crippen LogP contribution in [0.3, 0.4) is 0 Å². The van der Waals surface area contributed by atoms with Crippen LogP contribution in [0.5, 0.6) is 5.75 Å². The molecule has 0 aliphatic heterocycles. The summed E-state index contributed by atoms with van der Waals surface area (Å²) in [5.41, 5.74) is 4.35. The molecule has 210 valence electrons. The van der Waals surface area contributed by atoms with E-state index in [-0.39, 0.29) is 5.97 Å². The lowest BCUT2D eigenvalue weighted by molar-refractivity contribution is 0.0497. The van der Waals surface area contributed by atoms with Crippen LogP contribution in [-0.4, -0.2) is 23.8 Å². The largest absolute Gasteiger partial charge is 0.492 e. The first-order chi connectivity index (χ1) is 20.2. The number of para-hydroxylation sites is 2. The molecule has 0 aliphatic carbocycles. The zero-order valence-electron chi connectivity index (χ0n) is 23.7. The van der Waals surface area contributed by atoms with E-state index < -0.39 is 0 Å². The molecule has 0 saturated heterocycles. The Balaban J connectivity index is 1.09. The van der Waals surface area contributed by atoms with Gasteiger partial charge in [0.25, 0.3) is 0 Å². The summed E-state index contributed by atoms with van der Waals surface area (Å²) < 4.78 is 13.8. The van der Waals surface area contributed by atoms with Crippen LogP contribution in [0, 0.1) is 0 Å². The monoisotopic (exact) mass is 547 g/mol. The van der Waals surface area contributed by atoms with Gasteiger partial charge in [0, 0.05) is 21.8 Å². The summed E-state index contributed by atoms with van der Waals surface area (Å²) in [6.07, 6.45) is 6.97. The lowest BCUT2D eigenvalue weighted by atomic mass is 10.1. The number of unbranched alkanes of at least 4 members (excludes halogenated alkanes) is 5. The Morgan fingerprint density at radius 2 is 1.22 bits per heavy atom. The van der Waals surface area contributed by atoms with Crippen molar-refractivity contribution in [2.24, 2.45) is 10.2 Å². The summed E-state index contributed by atoms with van der Waals surface area (Å²) in [5.74, 6) is 0.490. The van der Waals surface area contributed by atoms with Crippen LogP contribution in [0.2, 0.25) is 0 Å². The molecule has 6 heteroatoms. The Hall–Kier alpha value is -4.45. The minimum atomic E-state index is -0.296. The number of esters is 1. The molecule has 5 rings (SSSR count). The number of fused-ring (bicyclic) bond motifs is 3. The Morgan fingerprint density at radius 3 is 1.85 bits per heavy atom. The van der Waals surface area contributed by atoms with Crippen LogP contribution in [0.1, 0.15) is 55.8 Å². The molecule has 0 amide bonds. The highest BCUT2D eigenvalue weighted by atomic mass is 16.5. The van der Waals surface area contributed by atoms with Gasteiger partial charge >= 0.3 is 5.97 Å². The number of hydrogen-bond donors (Lipinski definition) is 0. The van der Waals surface area contributed by atoms with E-state index in [0.29, 0.717) is 24.5 Å². The Morgan fingerprint density at radius 1 is 0.659 bits per heavy atom. The van der Waals surface area contributed by atoms with Crippen molar-refractivity contribution in [3.05, 3.63) is 103 Å². The van der Waals surface area contributed by atoms with E-state index in [0.717, 1.165) is 30.8 Å². The zero-order chi connectivity index (χ0) is 28.3. The number of azo groups is 1. The molecule has 41 heavy (non-hydrogen) atoms. The lowest BCUT2D eigenvalue weighted by Gasteiger charge is -2.10. The molecule has 0 N–H and O–H groups in total. The molecular weight excluding hydrogens is 510 g/mol. The van der Waals surface area contributed by atoms with Crippen molar-refractivity contribution in [1.82, 2.24) is 4.57 Å². The third kappa shape index (κ3) is 7.40. The summed E-state index contributed by atoms with van der Waals surface area (Å²) >= 11 is 0. The predicted octanol–water partition coefficient (Wildman–Crippen LogP) is 9.81. The van der Waals surface area contributed by atoms with Crippen molar-refractivity contribution in [2.45, 2.75) is 52.0 Å². The van der Waals surface area contributed by atoms with Gasteiger partial charge in [-0.3, -0.25) is 0 Å². The van der Waals surface area contributed by atoms with Crippen molar-refractivity contribution in [1.29, 1.82) is 0 Å². The first-order valence-corrected chi connectivity index (χ1v) is 14.6. The van der Waals surface area contributed by atoms with Gasteiger partial charge in [0.15, 0.2) is 0 Å². The predicted molar refractivity (Wildman–Crippen MR) is 166 cm³/mol. The second kappa shape index (κ2) is 14.3. The normalized spacial score (nSPS) is 11.4. The number of benzene rings is 4. The van der Waals surface area contributed by atoms with Crippen molar-refractivity contribution >= 4 is 39.1 Å². The molecular formula is C35H37N3O3. The maximum Gasteiger partial charge on any atom is 0.338 e. The molecule has 0 saturated carbocycles. The molecule has 0 atom stereocenters. The van der Waals surface area contributed by atoms with Crippen LogP contribution in [0.25, 0.3) is 21.8 Å². The Labute approximate surface area is 241 Å². The highest BCUT2D eigenvalue weighted by Gasteiger charge is 2.10. The standard InChI is InChI=1S/C35H37N3O3/c1-2-3-4-5-6-11-25-41-35(39)27-16-18-28(19-17-27)36-37-29-20-22-30(23-21-29)40-26-24-38-33-14-9-7-12-31(33)32-13-8-10-15-34(32)38/h7-10,12-23H,2-6,11,24-26H2,1H3.